The fourth-order valence-corrected chi connectivity index (χ4v) is 2.17. The summed E-state index contributed by atoms with van der Waals surface area (Å²) in [6.45, 7) is 1.95. The van der Waals surface area contributed by atoms with Crippen molar-refractivity contribution in [2.75, 3.05) is 0 Å². The molecule has 0 aliphatic rings. The van der Waals surface area contributed by atoms with Crippen LogP contribution in [0.4, 0.5) is 0 Å². The Morgan fingerprint density at radius 2 is 2.25 bits per heavy atom. The lowest BCUT2D eigenvalue weighted by Gasteiger charge is -2.08. The summed E-state index contributed by atoms with van der Waals surface area (Å²) < 4.78 is 0.973. The molecule has 0 amide bonds. The van der Waals surface area contributed by atoms with E-state index in [-0.39, 0.29) is 5.92 Å². The second-order valence-corrected chi connectivity index (χ2v) is 3.79. The molecule has 2 heteroatoms. The molecular formula is C10H8BrCl. The Labute approximate surface area is 86.1 Å². The number of benzene rings is 1. The quantitative estimate of drug-likeness (QED) is 0.658. The van der Waals surface area contributed by atoms with E-state index >= 15 is 0 Å². The Hall–Kier alpha value is -0.450. The van der Waals surface area contributed by atoms with Gasteiger partial charge < -0.3 is 0 Å². The van der Waals surface area contributed by atoms with Crippen molar-refractivity contribution < 1.29 is 0 Å². The van der Waals surface area contributed by atoms with Crippen LogP contribution in [0.3, 0.4) is 0 Å². The molecule has 0 N–H and O–H groups in total. The summed E-state index contributed by atoms with van der Waals surface area (Å²) in [5, 5.41) is 0.717. The fourth-order valence-electron chi connectivity index (χ4n) is 1.01. The minimum Gasteiger partial charge on any atom is -0.119 e. The summed E-state index contributed by atoms with van der Waals surface area (Å²) in [6.07, 6.45) is 5.31. The van der Waals surface area contributed by atoms with Gasteiger partial charge in [-0.15, -0.1) is 6.42 Å². The van der Waals surface area contributed by atoms with Crippen LogP contribution in [0.25, 0.3) is 0 Å². The summed E-state index contributed by atoms with van der Waals surface area (Å²) in [4.78, 5) is 0. The molecule has 0 bridgehead atoms. The fraction of sp³-hybridized carbons (Fsp3) is 0.200. The standard InChI is InChI=1S/C10H8BrCl/c1-3-7(2)10-8(11)5-4-6-9(10)12/h1,4-7H,2H3. The van der Waals surface area contributed by atoms with Gasteiger partial charge in [0.05, 0.1) is 0 Å². The zero-order valence-corrected chi connectivity index (χ0v) is 8.98. The molecule has 0 heterocycles. The van der Waals surface area contributed by atoms with Crippen molar-refractivity contribution in [3.63, 3.8) is 0 Å². The average Bonchev–Trinajstić information content (AvgIpc) is 2.03. The van der Waals surface area contributed by atoms with Crippen LogP contribution in [-0.2, 0) is 0 Å². The Kier molecular flexibility index (Phi) is 3.20. The predicted molar refractivity (Wildman–Crippen MR) is 56.4 cm³/mol. The molecule has 0 spiro atoms. The molecule has 0 saturated heterocycles. The third-order valence-corrected chi connectivity index (χ3v) is 2.70. The monoisotopic (exact) mass is 242 g/mol. The van der Waals surface area contributed by atoms with Crippen molar-refractivity contribution >= 4 is 27.5 Å². The van der Waals surface area contributed by atoms with Crippen molar-refractivity contribution in [2.24, 2.45) is 0 Å². The van der Waals surface area contributed by atoms with Crippen LogP contribution in [0.15, 0.2) is 22.7 Å². The van der Waals surface area contributed by atoms with Gasteiger partial charge in [0.2, 0.25) is 0 Å². The van der Waals surface area contributed by atoms with Crippen LogP contribution in [0, 0.1) is 12.3 Å². The molecular weight excluding hydrogens is 235 g/mol. The second kappa shape index (κ2) is 3.98. The molecule has 0 aliphatic carbocycles. The summed E-state index contributed by atoms with van der Waals surface area (Å²) in [6, 6.07) is 5.67. The van der Waals surface area contributed by atoms with Gasteiger partial charge >= 0.3 is 0 Å². The summed E-state index contributed by atoms with van der Waals surface area (Å²) in [7, 11) is 0. The van der Waals surface area contributed by atoms with E-state index in [9.17, 15) is 0 Å². The maximum absolute atomic E-state index is 5.98. The molecule has 1 atom stereocenters. The Bertz CT molecular complexity index is 305. The number of hydrogen-bond donors (Lipinski definition) is 0. The second-order valence-electron chi connectivity index (χ2n) is 2.52. The van der Waals surface area contributed by atoms with Crippen LogP contribution in [0.2, 0.25) is 5.02 Å². The van der Waals surface area contributed by atoms with E-state index in [1.807, 2.05) is 25.1 Å². The van der Waals surface area contributed by atoms with Crippen LogP contribution < -0.4 is 0 Å². The third-order valence-electron chi connectivity index (χ3n) is 1.68. The summed E-state index contributed by atoms with van der Waals surface area (Å²) in [5.41, 5.74) is 0.988. The first-order valence-corrected chi connectivity index (χ1v) is 4.74. The van der Waals surface area contributed by atoms with Crippen LogP contribution >= 0.6 is 27.5 Å². The van der Waals surface area contributed by atoms with Gasteiger partial charge in [-0.2, -0.15) is 0 Å². The summed E-state index contributed by atoms with van der Waals surface area (Å²) in [5.74, 6) is 2.70. The molecule has 62 valence electrons. The normalized spacial score (nSPS) is 12.2. The largest absolute Gasteiger partial charge is 0.119 e. The van der Waals surface area contributed by atoms with Crippen molar-refractivity contribution in [3.05, 3.63) is 33.3 Å². The Morgan fingerprint density at radius 3 is 2.75 bits per heavy atom. The number of halogens is 2. The zero-order valence-electron chi connectivity index (χ0n) is 6.64. The van der Waals surface area contributed by atoms with Crippen molar-refractivity contribution in [3.8, 4) is 12.3 Å². The van der Waals surface area contributed by atoms with Crippen LogP contribution in [0.1, 0.15) is 18.4 Å². The van der Waals surface area contributed by atoms with Gasteiger partial charge in [0.25, 0.3) is 0 Å². The third kappa shape index (κ3) is 1.83. The van der Waals surface area contributed by atoms with Crippen molar-refractivity contribution in [1.29, 1.82) is 0 Å². The van der Waals surface area contributed by atoms with Crippen LogP contribution in [0.5, 0.6) is 0 Å². The van der Waals surface area contributed by atoms with E-state index < -0.39 is 0 Å². The first kappa shape index (κ1) is 9.64. The lowest BCUT2D eigenvalue weighted by Crippen LogP contribution is -1.91. The van der Waals surface area contributed by atoms with Gasteiger partial charge in [0, 0.05) is 15.4 Å². The highest BCUT2D eigenvalue weighted by Gasteiger charge is 2.09. The van der Waals surface area contributed by atoms with Gasteiger partial charge in [0.1, 0.15) is 0 Å². The topological polar surface area (TPSA) is 0 Å². The maximum Gasteiger partial charge on any atom is 0.0461 e. The highest BCUT2D eigenvalue weighted by Crippen LogP contribution is 2.30. The van der Waals surface area contributed by atoms with Gasteiger partial charge in [0.15, 0.2) is 0 Å². The van der Waals surface area contributed by atoms with Gasteiger partial charge in [-0.3, -0.25) is 0 Å². The Morgan fingerprint density at radius 1 is 1.58 bits per heavy atom. The number of terminal acetylenes is 1. The van der Waals surface area contributed by atoms with Crippen molar-refractivity contribution in [1.82, 2.24) is 0 Å². The highest BCUT2D eigenvalue weighted by molar-refractivity contribution is 9.10. The molecule has 0 nitrogen and oxygen atoms in total. The molecule has 0 saturated carbocycles. The van der Waals surface area contributed by atoms with Crippen molar-refractivity contribution in [2.45, 2.75) is 12.8 Å². The molecule has 12 heavy (non-hydrogen) atoms. The molecule has 1 unspecified atom stereocenters. The van der Waals surface area contributed by atoms with E-state index in [2.05, 4.69) is 21.9 Å². The van der Waals surface area contributed by atoms with E-state index in [0.29, 0.717) is 0 Å². The van der Waals surface area contributed by atoms with E-state index in [1.165, 1.54) is 0 Å². The molecule has 1 rings (SSSR count). The zero-order chi connectivity index (χ0) is 9.14. The molecule has 1 aromatic rings. The highest BCUT2D eigenvalue weighted by atomic mass is 79.9. The number of rotatable bonds is 1. The SMILES string of the molecule is C#CC(C)c1c(Cl)cccc1Br. The maximum atomic E-state index is 5.98. The molecule has 0 fully saturated rings. The van der Waals surface area contributed by atoms with E-state index in [4.69, 9.17) is 18.0 Å². The van der Waals surface area contributed by atoms with Crippen LogP contribution in [-0.4, -0.2) is 0 Å². The molecule has 0 radical (unpaired) electrons. The lowest BCUT2D eigenvalue weighted by atomic mass is 10.0. The first-order valence-electron chi connectivity index (χ1n) is 3.57. The predicted octanol–water partition coefficient (Wildman–Crippen LogP) is 3.84. The minimum absolute atomic E-state index is 0.0491. The Balaban J connectivity index is 3.23. The average molecular weight is 244 g/mol. The van der Waals surface area contributed by atoms with Gasteiger partial charge in [-0.1, -0.05) is 39.5 Å². The van der Waals surface area contributed by atoms with E-state index in [1.54, 1.807) is 0 Å². The smallest absolute Gasteiger partial charge is 0.0461 e. The molecule has 1 aromatic carbocycles. The minimum atomic E-state index is 0.0491. The summed E-state index contributed by atoms with van der Waals surface area (Å²) >= 11 is 9.39. The lowest BCUT2D eigenvalue weighted by molar-refractivity contribution is 0.998. The first-order chi connectivity index (χ1) is 5.66. The molecule has 0 aromatic heterocycles. The van der Waals surface area contributed by atoms with E-state index in [0.717, 1.165) is 15.1 Å². The number of hydrogen-bond acceptors (Lipinski definition) is 0. The molecule has 0 aliphatic heterocycles. The van der Waals surface area contributed by atoms with Gasteiger partial charge in [-0.05, 0) is 24.6 Å². The van der Waals surface area contributed by atoms with Gasteiger partial charge in [-0.25, -0.2) is 0 Å².